The third kappa shape index (κ3) is 4.27. The normalized spacial score (nSPS) is 13.4. The van der Waals surface area contributed by atoms with Gasteiger partial charge in [-0.15, -0.1) is 11.3 Å². The molecule has 0 bridgehead atoms. The minimum absolute atomic E-state index is 0.00374. The summed E-state index contributed by atoms with van der Waals surface area (Å²) in [6, 6.07) is 0.991. The first-order valence-corrected chi connectivity index (χ1v) is 8.80. The minimum Gasteiger partial charge on any atom is -0.478 e. The number of nitrogens with one attached hydrogen (secondary N) is 1. The number of hydrogen-bond donors (Lipinski definition) is 2. The Morgan fingerprint density at radius 1 is 1.61 bits per heavy atom. The van der Waals surface area contributed by atoms with Crippen LogP contribution in [-0.2, 0) is 10.0 Å². The highest BCUT2D eigenvalue weighted by Crippen LogP contribution is 2.20. The Morgan fingerprint density at radius 2 is 2.28 bits per heavy atom. The van der Waals surface area contributed by atoms with E-state index in [4.69, 9.17) is 5.11 Å². The predicted molar refractivity (Wildman–Crippen MR) is 74.1 cm³/mol. The Labute approximate surface area is 115 Å². The van der Waals surface area contributed by atoms with E-state index in [2.05, 4.69) is 4.72 Å². The molecule has 2 N–H and O–H groups in total. The maximum atomic E-state index is 11.9. The maximum Gasteiger partial charge on any atom is 0.336 e. The van der Waals surface area contributed by atoms with Gasteiger partial charge in [-0.1, -0.05) is 6.92 Å². The van der Waals surface area contributed by atoms with Gasteiger partial charge in [0, 0.05) is 17.2 Å². The number of rotatable bonds is 7. The number of thioether (sulfide) groups is 1. The summed E-state index contributed by atoms with van der Waals surface area (Å²) in [6.07, 6.45) is 0. The zero-order chi connectivity index (χ0) is 13.8. The van der Waals surface area contributed by atoms with Crippen molar-refractivity contribution < 1.29 is 18.3 Å². The molecule has 1 heterocycles. The fourth-order valence-electron chi connectivity index (χ4n) is 1.22. The number of carboxylic acid groups (broad SMARTS) is 1. The van der Waals surface area contributed by atoms with Crippen LogP contribution in [0.5, 0.6) is 0 Å². The summed E-state index contributed by atoms with van der Waals surface area (Å²) in [5.41, 5.74) is -0.00374. The van der Waals surface area contributed by atoms with Crippen LogP contribution in [0.2, 0.25) is 0 Å². The van der Waals surface area contributed by atoms with Gasteiger partial charge < -0.3 is 5.11 Å². The molecule has 102 valence electrons. The molecule has 0 radical (unpaired) electrons. The first-order chi connectivity index (χ1) is 8.36. The van der Waals surface area contributed by atoms with E-state index in [0.717, 1.165) is 17.1 Å². The Bertz CT molecular complexity index is 509. The molecule has 0 saturated carbocycles. The van der Waals surface area contributed by atoms with Crippen LogP contribution >= 0.6 is 23.1 Å². The van der Waals surface area contributed by atoms with Crippen molar-refractivity contribution >= 4 is 39.1 Å². The van der Waals surface area contributed by atoms with Crippen molar-refractivity contribution in [3.05, 3.63) is 17.0 Å². The standard InChI is InChI=1S/C10H15NO4S3/c1-3-16-5-7(2)11-18(14,15)9-4-8(6-17-9)10(12)13/h4,6-7,11H,3,5H2,1-2H3,(H,12,13). The van der Waals surface area contributed by atoms with E-state index in [1.54, 1.807) is 18.7 Å². The predicted octanol–water partition coefficient (Wildman–Crippen LogP) is 1.87. The fourth-order valence-corrected chi connectivity index (χ4v) is 4.41. The zero-order valence-electron chi connectivity index (χ0n) is 10.0. The molecule has 0 fully saturated rings. The Morgan fingerprint density at radius 3 is 2.78 bits per heavy atom. The molecule has 0 aromatic carbocycles. The van der Waals surface area contributed by atoms with Crippen LogP contribution in [0.4, 0.5) is 0 Å². The van der Waals surface area contributed by atoms with Crippen LogP contribution in [0.1, 0.15) is 24.2 Å². The second kappa shape index (κ2) is 6.55. The lowest BCUT2D eigenvalue weighted by molar-refractivity contribution is 0.0697. The van der Waals surface area contributed by atoms with Crippen molar-refractivity contribution in [3.8, 4) is 0 Å². The molecule has 1 aromatic heterocycles. The molecule has 1 rings (SSSR count). The molecular weight excluding hydrogens is 294 g/mol. The van der Waals surface area contributed by atoms with Gasteiger partial charge in [-0.25, -0.2) is 17.9 Å². The van der Waals surface area contributed by atoms with Crippen LogP contribution in [0.3, 0.4) is 0 Å². The van der Waals surface area contributed by atoms with Crippen molar-refractivity contribution in [2.24, 2.45) is 0 Å². The third-order valence-corrected chi connectivity index (χ3v) is 6.19. The van der Waals surface area contributed by atoms with E-state index in [1.165, 1.54) is 11.4 Å². The molecule has 0 aliphatic carbocycles. The third-order valence-electron chi connectivity index (χ3n) is 2.02. The zero-order valence-corrected chi connectivity index (χ0v) is 12.5. The monoisotopic (exact) mass is 309 g/mol. The van der Waals surface area contributed by atoms with E-state index in [-0.39, 0.29) is 15.8 Å². The van der Waals surface area contributed by atoms with E-state index in [0.29, 0.717) is 5.75 Å². The van der Waals surface area contributed by atoms with Crippen molar-refractivity contribution in [2.75, 3.05) is 11.5 Å². The van der Waals surface area contributed by atoms with E-state index in [9.17, 15) is 13.2 Å². The van der Waals surface area contributed by atoms with Crippen LogP contribution in [0.15, 0.2) is 15.7 Å². The molecule has 1 aromatic rings. The van der Waals surface area contributed by atoms with E-state index < -0.39 is 16.0 Å². The largest absolute Gasteiger partial charge is 0.478 e. The first kappa shape index (κ1) is 15.5. The van der Waals surface area contributed by atoms with Crippen LogP contribution in [0, 0.1) is 0 Å². The molecule has 0 aliphatic rings. The minimum atomic E-state index is -3.61. The van der Waals surface area contributed by atoms with Gasteiger partial charge in [-0.05, 0) is 18.7 Å². The lowest BCUT2D eigenvalue weighted by Gasteiger charge is -2.12. The van der Waals surface area contributed by atoms with Gasteiger partial charge in [0.2, 0.25) is 10.0 Å². The average Bonchev–Trinajstić information content (AvgIpc) is 2.75. The number of carbonyl (C=O) groups is 1. The van der Waals surface area contributed by atoms with E-state index in [1.807, 2.05) is 6.92 Å². The molecule has 1 atom stereocenters. The molecule has 18 heavy (non-hydrogen) atoms. The van der Waals surface area contributed by atoms with Crippen LogP contribution < -0.4 is 4.72 Å². The van der Waals surface area contributed by atoms with E-state index >= 15 is 0 Å². The fraction of sp³-hybridized carbons (Fsp3) is 0.500. The highest BCUT2D eigenvalue weighted by molar-refractivity contribution is 7.99. The lowest BCUT2D eigenvalue weighted by Crippen LogP contribution is -2.33. The van der Waals surface area contributed by atoms with Gasteiger partial charge in [0.15, 0.2) is 0 Å². The second-order valence-corrected chi connectivity index (χ2v) is 7.81. The lowest BCUT2D eigenvalue weighted by atomic mass is 10.4. The molecule has 5 nitrogen and oxygen atoms in total. The second-order valence-electron chi connectivity index (χ2n) is 3.64. The van der Waals surface area contributed by atoms with Gasteiger partial charge in [0.25, 0.3) is 0 Å². The first-order valence-electron chi connectivity index (χ1n) is 5.28. The molecule has 0 aliphatic heterocycles. The maximum absolute atomic E-state index is 11.9. The van der Waals surface area contributed by atoms with Crippen molar-refractivity contribution in [1.29, 1.82) is 0 Å². The highest BCUT2D eigenvalue weighted by atomic mass is 32.2. The van der Waals surface area contributed by atoms with Crippen molar-refractivity contribution in [2.45, 2.75) is 24.1 Å². The average molecular weight is 309 g/mol. The number of hydrogen-bond acceptors (Lipinski definition) is 5. The SMILES string of the molecule is CCSCC(C)NS(=O)(=O)c1cc(C(=O)O)cs1. The molecule has 0 spiro atoms. The summed E-state index contributed by atoms with van der Waals surface area (Å²) in [4.78, 5) is 10.7. The number of thiophene rings is 1. The summed E-state index contributed by atoms with van der Waals surface area (Å²) in [5, 5.41) is 10.1. The summed E-state index contributed by atoms with van der Waals surface area (Å²) < 4.78 is 26.4. The van der Waals surface area contributed by atoms with Gasteiger partial charge >= 0.3 is 5.97 Å². The van der Waals surface area contributed by atoms with Gasteiger partial charge in [0.1, 0.15) is 4.21 Å². The Hall–Kier alpha value is -0.570. The number of carboxylic acids is 1. The van der Waals surface area contributed by atoms with Crippen LogP contribution in [-0.4, -0.2) is 37.0 Å². The summed E-state index contributed by atoms with van der Waals surface area (Å²) in [7, 11) is -3.61. The summed E-state index contributed by atoms with van der Waals surface area (Å²) >= 11 is 2.56. The van der Waals surface area contributed by atoms with Crippen molar-refractivity contribution in [3.63, 3.8) is 0 Å². The van der Waals surface area contributed by atoms with Gasteiger partial charge in [-0.3, -0.25) is 0 Å². The van der Waals surface area contributed by atoms with Gasteiger partial charge in [0.05, 0.1) is 5.56 Å². The number of aromatic carboxylic acids is 1. The highest BCUT2D eigenvalue weighted by Gasteiger charge is 2.20. The summed E-state index contributed by atoms with van der Waals surface area (Å²) in [5.74, 6) is 0.489. The quantitative estimate of drug-likeness (QED) is 0.803. The molecule has 1 unspecified atom stereocenters. The molecule has 8 heteroatoms. The summed E-state index contributed by atoms with van der Waals surface area (Å²) in [6.45, 7) is 3.79. The topological polar surface area (TPSA) is 83.5 Å². The molecule has 0 saturated heterocycles. The molecular formula is C10H15NO4S3. The van der Waals surface area contributed by atoms with Gasteiger partial charge in [-0.2, -0.15) is 11.8 Å². The number of sulfonamides is 1. The Balaban J connectivity index is 2.76. The molecule has 0 amide bonds. The van der Waals surface area contributed by atoms with Crippen molar-refractivity contribution in [1.82, 2.24) is 4.72 Å². The Kier molecular flexibility index (Phi) is 5.64. The van der Waals surface area contributed by atoms with Crippen LogP contribution in [0.25, 0.3) is 0 Å². The smallest absolute Gasteiger partial charge is 0.336 e.